The van der Waals surface area contributed by atoms with Crippen LogP contribution in [0.4, 0.5) is 9.18 Å². The summed E-state index contributed by atoms with van der Waals surface area (Å²) < 4.78 is 20.8. The number of fused-ring (bicyclic) bond motifs is 1. The van der Waals surface area contributed by atoms with Crippen molar-refractivity contribution >= 4 is 34.0 Å². The predicted molar refractivity (Wildman–Crippen MR) is 141 cm³/mol. The number of halogens is 1. The van der Waals surface area contributed by atoms with Crippen LogP contribution >= 0.6 is 11.3 Å². The van der Waals surface area contributed by atoms with Crippen LogP contribution in [-0.4, -0.2) is 71.2 Å². The number of nitrogens with one attached hydrogen (secondary N) is 2. The number of ether oxygens (including phenoxy) is 1. The Hall–Kier alpha value is -2.75. The molecule has 0 aromatic carbocycles. The molecule has 0 radical (unpaired) electrons. The van der Waals surface area contributed by atoms with Crippen molar-refractivity contribution < 1.29 is 13.9 Å². The maximum Gasteiger partial charge on any atom is 0.318 e. The first-order valence-electron chi connectivity index (χ1n) is 12.9. The second kappa shape index (κ2) is 10.3. The van der Waals surface area contributed by atoms with Crippen molar-refractivity contribution in [2.75, 3.05) is 39.4 Å². The Morgan fingerprint density at radius 3 is 2.86 bits per heavy atom. The summed E-state index contributed by atoms with van der Waals surface area (Å²) in [7, 11) is 0. The first-order chi connectivity index (χ1) is 17.6. The molecule has 3 aromatic rings. The van der Waals surface area contributed by atoms with Crippen LogP contribution in [0.5, 0.6) is 0 Å². The Labute approximate surface area is 214 Å². The number of rotatable bonds is 5. The minimum Gasteiger partial charge on any atom is -0.379 e. The first-order valence-corrected chi connectivity index (χ1v) is 13.8. The van der Waals surface area contributed by atoms with E-state index in [4.69, 9.17) is 4.74 Å². The van der Waals surface area contributed by atoms with Gasteiger partial charge in [0, 0.05) is 70.9 Å². The highest BCUT2D eigenvalue weighted by Gasteiger charge is 2.27. The van der Waals surface area contributed by atoms with E-state index in [2.05, 4.69) is 38.4 Å². The number of pyridine rings is 1. The fraction of sp³-hybridized carbons (Fsp3) is 0.481. The zero-order valence-electron chi connectivity index (χ0n) is 20.4. The second-order valence-corrected chi connectivity index (χ2v) is 11.1. The first kappa shape index (κ1) is 23.6. The highest BCUT2D eigenvalue weighted by Crippen LogP contribution is 2.36. The van der Waals surface area contributed by atoms with Crippen molar-refractivity contribution in [3.05, 3.63) is 46.9 Å². The van der Waals surface area contributed by atoms with E-state index in [1.807, 2.05) is 12.4 Å². The van der Waals surface area contributed by atoms with Gasteiger partial charge in [0.2, 0.25) is 0 Å². The van der Waals surface area contributed by atoms with E-state index >= 15 is 4.39 Å². The van der Waals surface area contributed by atoms with Crippen LogP contribution in [0.15, 0.2) is 36.4 Å². The zero-order chi connectivity index (χ0) is 24.5. The summed E-state index contributed by atoms with van der Waals surface area (Å²) >= 11 is 1.78. The molecule has 7 nitrogen and oxygen atoms in total. The molecule has 5 heterocycles. The molecule has 3 aliphatic rings. The number of aromatic nitrogens is 2. The van der Waals surface area contributed by atoms with Gasteiger partial charge in [-0.05, 0) is 43.0 Å². The highest BCUT2D eigenvalue weighted by atomic mass is 32.1. The SMILES string of the molecule is O=C(NC1CCCC1)N1CCC(c2c[nH]c3ncc(-c4ccc(CN5CCOCC5)s4)cc23)=C(F)C1. The molecule has 0 unspecified atom stereocenters. The van der Waals surface area contributed by atoms with Crippen molar-refractivity contribution in [3.63, 3.8) is 0 Å². The van der Waals surface area contributed by atoms with E-state index in [1.165, 1.54) is 4.88 Å². The third kappa shape index (κ3) is 4.92. The molecule has 2 aliphatic heterocycles. The Bertz CT molecular complexity index is 1270. The smallest absolute Gasteiger partial charge is 0.318 e. The summed E-state index contributed by atoms with van der Waals surface area (Å²) in [6, 6.07) is 6.53. The predicted octanol–water partition coefficient (Wildman–Crippen LogP) is 5.16. The Morgan fingerprint density at radius 1 is 1.22 bits per heavy atom. The van der Waals surface area contributed by atoms with Gasteiger partial charge >= 0.3 is 6.03 Å². The molecule has 190 valence electrons. The van der Waals surface area contributed by atoms with Crippen LogP contribution in [0.1, 0.15) is 42.5 Å². The number of thiophene rings is 1. The maximum absolute atomic E-state index is 15.3. The van der Waals surface area contributed by atoms with E-state index in [-0.39, 0.29) is 24.4 Å². The fourth-order valence-corrected chi connectivity index (χ4v) is 6.53. The summed E-state index contributed by atoms with van der Waals surface area (Å²) in [6.45, 7) is 4.99. The van der Waals surface area contributed by atoms with Crippen molar-refractivity contribution in [1.82, 2.24) is 25.1 Å². The van der Waals surface area contributed by atoms with Crippen LogP contribution in [-0.2, 0) is 11.3 Å². The third-order valence-corrected chi connectivity index (χ3v) is 8.66. The van der Waals surface area contributed by atoms with Gasteiger partial charge in [-0.2, -0.15) is 0 Å². The number of H-pyrrole nitrogens is 1. The van der Waals surface area contributed by atoms with Crippen LogP contribution in [0, 0.1) is 0 Å². The molecule has 1 saturated carbocycles. The van der Waals surface area contributed by atoms with Crippen LogP contribution in [0.3, 0.4) is 0 Å². The van der Waals surface area contributed by atoms with E-state index in [0.717, 1.165) is 85.6 Å². The lowest BCUT2D eigenvalue weighted by atomic mass is 9.98. The minimum atomic E-state index is -0.238. The summed E-state index contributed by atoms with van der Waals surface area (Å²) in [5, 5.41) is 4.00. The molecule has 0 bridgehead atoms. The Balaban J connectivity index is 1.20. The van der Waals surface area contributed by atoms with Gasteiger partial charge in [0.05, 0.1) is 19.8 Å². The molecule has 2 amide bonds. The average molecular weight is 510 g/mol. The molecule has 3 aromatic heterocycles. The van der Waals surface area contributed by atoms with E-state index < -0.39 is 0 Å². The molecule has 0 spiro atoms. The molecule has 1 aliphatic carbocycles. The van der Waals surface area contributed by atoms with Crippen molar-refractivity contribution in [2.24, 2.45) is 0 Å². The summed E-state index contributed by atoms with van der Waals surface area (Å²) in [5.41, 5.74) is 3.30. The number of urea groups is 1. The molecule has 9 heteroatoms. The lowest BCUT2D eigenvalue weighted by Gasteiger charge is -2.29. The van der Waals surface area contributed by atoms with E-state index in [9.17, 15) is 4.79 Å². The number of hydrogen-bond acceptors (Lipinski definition) is 5. The number of amides is 2. The minimum absolute atomic E-state index is 0.0174. The quantitative estimate of drug-likeness (QED) is 0.498. The molecule has 1 saturated heterocycles. The molecular formula is C27H32FN5O2S. The summed E-state index contributed by atoms with van der Waals surface area (Å²) in [6.07, 6.45) is 8.57. The standard InChI is InChI=1S/C27H32FN5O2S/c28-24-17-33(27(34)31-19-3-1-2-4-19)8-7-21(24)23-15-30-26-22(23)13-18(14-29-26)25-6-5-20(36-25)16-32-9-11-35-12-10-32/h5-6,13-15,19H,1-4,7-12,16-17H2,(H,29,30)(H,31,34). The van der Waals surface area contributed by atoms with Crippen LogP contribution < -0.4 is 5.32 Å². The highest BCUT2D eigenvalue weighted by molar-refractivity contribution is 7.15. The number of nitrogens with zero attached hydrogens (tertiary/aromatic N) is 3. The van der Waals surface area contributed by atoms with Gasteiger partial charge in [0.15, 0.2) is 0 Å². The van der Waals surface area contributed by atoms with Gasteiger partial charge in [-0.1, -0.05) is 12.8 Å². The molecular weight excluding hydrogens is 477 g/mol. The van der Waals surface area contributed by atoms with Crippen LogP contribution in [0.2, 0.25) is 0 Å². The number of carbonyl (C=O) groups excluding carboxylic acids is 1. The molecule has 0 atom stereocenters. The maximum atomic E-state index is 15.3. The molecule has 6 rings (SSSR count). The summed E-state index contributed by atoms with van der Waals surface area (Å²) in [5.74, 6) is -0.238. The van der Waals surface area contributed by atoms with Crippen LogP contribution in [0.25, 0.3) is 27.0 Å². The topological polar surface area (TPSA) is 73.5 Å². The van der Waals surface area contributed by atoms with E-state index in [1.54, 1.807) is 16.2 Å². The van der Waals surface area contributed by atoms with E-state index in [0.29, 0.717) is 18.5 Å². The van der Waals surface area contributed by atoms with Gasteiger partial charge in [0.25, 0.3) is 0 Å². The largest absolute Gasteiger partial charge is 0.379 e. The average Bonchev–Trinajstić information content (AvgIpc) is 3.66. The molecule has 2 fully saturated rings. The number of aromatic amines is 1. The summed E-state index contributed by atoms with van der Waals surface area (Å²) in [4.78, 5) is 27.0. The number of morpholine rings is 1. The second-order valence-electron chi connectivity index (χ2n) is 9.96. The van der Waals surface area contributed by atoms with Crippen molar-refractivity contribution in [2.45, 2.75) is 44.7 Å². The lowest BCUT2D eigenvalue weighted by molar-refractivity contribution is 0.0346. The zero-order valence-corrected chi connectivity index (χ0v) is 21.2. The van der Waals surface area contributed by atoms with Gasteiger partial charge in [-0.25, -0.2) is 14.2 Å². The molecule has 2 N–H and O–H groups in total. The number of carbonyl (C=O) groups is 1. The van der Waals surface area contributed by atoms with Crippen molar-refractivity contribution in [1.29, 1.82) is 0 Å². The van der Waals surface area contributed by atoms with Gasteiger partial charge in [-0.15, -0.1) is 11.3 Å². The molecule has 36 heavy (non-hydrogen) atoms. The monoisotopic (exact) mass is 509 g/mol. The lowest BCUT2D eigenvalue weighted by Crippen LogP contribution is -2.46. The third-order valence-electron chi connectivity index (χ3n) is 7.54. The fourth-order valence-electron chi connectivity index (χ4n) is 5.50. The van der Waals surface area contributed by atoms with Gasteiger partial charge in [0.1, 0.15) is 11.5 Å². The Kier molecular flexibility index (Phi) is 6.77. The normalized spacial score (nSPS) is 20.0. The Morgan fingerprint density at radius 2 is 2.06 bits per heavy atom. The van der Waals surface area contributed by atoms with Crippen molar-refractivity contribution in [3.8, 4) is 10.4 Å². The van der Waals surface area contributed by atoms with Gasteiger partial charge < -0.3 is 19.9 Å². The van der Waals surface area contributed by atoms with Gasteiger partial charge in [-0.3, -0.25) is 4.90 Å². The number of hydrogen-bond donors (Lipinski definition) is 2.